The van der Waals surface area contributed by atoms with Crippen molar-refractivity contribution in [3.63, 3.8) is 0 Å². The molecule has 1 aliphatic heterocycles. The van der Waals surface area contributed by atoms with Crippen LogP contribution in [-0.4, -0.2) is 25.3 Å². The highest BCUT2D eigenvalue weighted by Crippen LogP contribution is 2.31. The van der Waals surface area contributed by atoms with E-state index in [1.165, 1.54) is 0 Å². The number of nitrogens with zero attached hydrogens (tertiary/aromatic N) is 1. The zero-order chi connectivity index (χ0) is 15.1. The van der Waals surface area contributed by atoms with Gasteiger partial charge in [0.2, 0.25) is 10.0 Å². The average Bonchev–Trinajstić information content (AvgIpc) is 2.36. The number of nitrogens with two attached hydrogens (primary N) is 1. The molecule has 1 fully saturated rings. The standard InChI is InChI=1S/C15H24N2O2S/c1-10-5-6-12(3)17(9-10)20(18,19)15-8-11(2)7-14(16)13(15)4/h7-8,10,12H,5-6,9,16H2,1-4H3. The lowest BCUT2D eigenvalue weighted by Crippen LogP contribution is -2.45. The summed E-state index contributed by atoms with van der Waals surface area (Å²) in [6, 6.07) is 3.60. The van der Waals surface area contributed by atoms with E-state index in [1.54, 1.807) is 17.3 Å². The second kappa shape index (κ2) is 5.37. The van der Waals surface area contributed by atoms with Gasteiger partial charge in [-0.1, -0.05) is 6.92 Å². The number of hydrogen-bond donors (Lipinski definition) is 1. The Labute approximate surface area is 122 Å². The second-order valence-electron chi connectivity index (χ2n) is 6.08. The molecule has 2 N–H and O–H groups in total. The van der Waals surface area contributed by atoms with Crippen molar-refractivity contribution in [2.75, 3.05) is 12.3 Å². The molecule has 1 saturated heterocycles. The van der Waals surface area contributed by atoms with E-state index in [9.17, 15) is 8.42 Å². The molecule has 0 spiro atoms. The fraction of sp³-hybridized carbons (Fsp3) is 0.600. The third-order valence-corrected chi connectivity index (χ3v) is 6.30. The van der Waals surface area contributed by atoms with E-state index in [0.29, 0.717) is 28.6 Å². The van der Waals surface area contributed by atoms with Gasteiger partial charge in [0, 0.05) is 18.3 Å². The van der Waals surface area contributed by atoms with E-state index in [-0.39, 0.29) is 6.04 Å². The van der Waals surface area contributed by atoms with Crippen LogP contribution in [0.1, 0.15) is 37.8 Å². The Kier molecular flexibility index (Phi) is 4.12. The first-order valence-corrected chi connectivity index (χ1v) is 8.56. The molecule has 2 atom stereocenters. The fourth-order valence-corrected chi connectivity index (χ4v) is 4.95. The van der Waals surface area contributed by atoms with Crippen LogP contribution in [0.4, 0.5) is 5.69 Å². The number of benzene rings is 1. The average molecular weight is 296 g/mol. The highest BCUT2D eigenvalue weighted by molar-refractivity contribution is 7.89. The number of rotatable bonds is 2. The molecule has 0 radical (unpaired) electrons. The van der Waals surface area contributed by atoms with E-state index in [1.807, 2.05) is 19.9 Å². The Morgan fingerprint density at radius 3 is 2.50 bits per heavy atom. The first kappa shape index (κ1) is 15.3. The molecule has 2 unspecified atom stereocenters. The first-order chi connectivity index (χ1) is 9.23. The van der Waals surface area contributed by atoms with Gasteiger partial charge in [0.25, 0.3) is 0 Å². The first-order valence-electron chi connectivity index (χ1n) is 7.12. The van der Waals surface area contributed by atoms with Crippen LogP contribution in [0.3, 0.4) is 0 Å². The lowest BCUT2D eigenvalue weighted by molar-refractivity contribution is 0.218. The molecule has 20 heavy (non-hydrogen) atoms. The van der Waals surface area contributed by atoms with E-state index < -0.39 is 10.0 Å². The minimum absolute atomic E-state index is 0.0531. The molecule has 1 heterocycles. The summed E-state index contributed by atoms with van der Waals surface area (Å²) in [5, 5.41) is 0. The summed E-state index contributed by atoms with van der Waals surface area (Å²) in [7, 11) is -3.47. The number of nitrogen functional groups attached to an aromatic ring is 1. The summed E-state index contributed by atoms with van der Waals surface area (Å²) < 4.78 is 27.5. The van der Waals surface area contributed by atoms with E-state index >= 15 is 0 Å². The predicted molar refractivity (Wildman–Crippen MR) is 82.1 cm³/mol. The van der Waals surface area contributed by atoms with Crippen molar-refractivity contribution >= 4 is 15.7 Å². The van der Waals surface area contributed by atoms with Crippen LogP contribution in [0.15, 0.2) is 17.0 Å². The third kappa shape index (κ3) is 2.69. The summed E-state index contributed by atoms with van der Waals surface area (Å²) in [6.07, 6.45) is 2.00. The third-order valence-electron chi connectivity index (χ3n) is 4.19. The zero-order valence-corrected chi connectivity index (χ0v) is 13.5. The SMILES string of the molecule is Cc1cc(N)c(C)c(S(=O)(=O)N2CC(C)CCC2C)c1. The Bertz CT molecular complexity index is 611. The summed E-state index contributed by atoms with van der Waals surface area (Å²) in [6.45, 7) is 8.33. The van der Waals surface area contributed by atoms with Crippen LogP contribution in [0.2, 0.25) is 0 Å². The Hall–Kier alpha value is -1.07. The fourth-order valence-electron chi connectivity index (χ4n) is 2.83. The van der Waals surface area contributed by atoms with Gasteiger partial charge in [0.05, 0.1) is 4.90 Å². The molecule has 4 nitrogen and oxygen atoms in total. The van der Waals surface area contributed by atoms with Crippen LogP contribution in [0, 0.1) is 19.8 Å². The van der Waals surface area contributed by atoms with Crippen molar-refractivity contribution in [1.29, 1.82) is 0 Å². The summed E-state index contributed by atoms with van der Waals surface area (Å²) in [4.78, 5) is 0.357. The molecule has 1 aromatic carbocycles. The van der Waals surface area contributed by atoms with Crippen LogP contribution in [0.25, 0.3) is 0 Å². The minimum atomic E-state index is -3.47. The highest BCUT2D eigenvalue weighted by atomic mass is 32.2. The van der Waals surface area contributed by atoms with Crippen molar-refractivity contribution in [2.45, 2.75) is 51.5 Å². The summed E-state index contributed by atoms with van der Waals surface area (Å²) in [5.74, 6) is 0.406. The van der Waals surface area contributed by atoms with Gasteiger partial charge >= 0.3 is 0 Å². The highest BCUT2D eigenvalue weighted by Gasteiger charge is 2.34. The van der Waals surface area contributed by atoms with Crippen molar-refractivity contribution in [1.82, 2.24) is 4.31 Å². The molecule has 0 aromatic heterocycles. The number of piperidine rings is 1. The molecule has 0 amide bonds. The molecular formula is C15H24N2O2S. The maximum absolute atomic E-state index is 12.9. The monoisotopic (exact) mass is 296 g/mol. The predicted octanol–water partition coefficient (Wildman–Crippen LogP) is 2.69. The quantitative estimate of drug-likeness (QED) is 0.853. The summed E-state index contributed by atoms with van der Waals surface area (Å²) >= 11 is 0. The van der Waals surface area contributed by atoms with E-state index in [4.69, 9.17) is 5.73 Å². The van der Waals surface area contributed by atoms with Crippen molar-refractivity contribution < 1.29 is 8.42 Å². The van der Waals surface area contributed by atoms with Gasteiger partial charge in [-0.3, -0.25) is 0 Å². The molecule has 112 valence electrons. The van der Waals surface area contributed by atoms with Gasteiger partial charge < -0.3 is 5.73 Å². The van der Waals surface area contributed by atoms with Gasteiger partial charge in [0.15, 0.2) is 0 Å². The largest absolute Gasteiger partial charge is 0.398 e. The van der Waals surface area contributed by atoms with Crippen molar-refractivity contribution in [3.05, 3.63) is 23.3 Å². The normalized spacial score (nSPS) is 24.8. The van der Waals surface area contributed by atoms with Crippen molar-refractivity contribution in [3.8, 4) is 0 Å². The van der Waals surface area contributed by atoms with Gasteiger partial charge in [-0.2, -0.15) is 4.31 Å². The maximum Gasteiger partial charge on any atom is 0.243 e. The molecule has 5 heteroatoms. The molecule has 0 bridgehead atoms. The Morgan fingerprint density at radius 1 is 1.20 bits per heavy atom. The van der Waals surface area contributed by atoms with Gasteiger partial charge in [0.1, 0.15) is 0 Å². The molecular weight excluding hydrogens is 272 g/mol. The Morgan fingerprint density at radius 2 is 1.85 bits per heavy atom. The number of anilines is 1. The summed E-state index contributed by atoms with van der Waals surface area (Å²) in [5.41, 5.74) is 8.00. The molecule has 2 rings (SSSR count). The lowest BCUT2D eigenvalue weighted by Gasteiger charge is -2.36. The second-order valence-corrected chi connectivity index (χ2v) is 7.94. The molecule has 1 aromatic rings. The topological polar surface area (TPSA) is 63.4 Å². The van der Waals surface area contributed by atoms with E-state index in [0.717, 1.165) is 18.4 Å². The van der Waals surface area contributed by atoms with Crippen LogP contribution >= 0.6 is 0 Å². The van der Waals surface area contributed by atoms with Gasteiger partial charge in [-0.25, -0.2) is 8.42 Å². The number of aryl methyl sites for hydroxylation is 1. The molecule has 0 aliphatic carbocycles. The van der Waals surface area contributed by atoms with Crippen LogP contribution in [-0.2, 0) is 10.0 Å². The number of hydrogen-bond acceptors (Lipinski definition) is 3. The van der Waals surface area contributed by atoms with Crippen LogP contribution < -0.4 is 5.73 Å². The van der Waals surface area contributed by atoms with Crippen LogP contribution in [0.5, 0.6) is 0 Å². The lowest BCUT2D eigenvalue weighted by atomic mass is 9.97. The van der Waals surface area contributed by atoms with Crippen molar-refractivity contribution in [2.24, 2.45) is 5.92 Å². The molecule has 1 aliphatic rings. The van der Waals surface area contributed by atoms with E-state index in [2.05, 4.69) is 6.92 Å². The molecule has 0 saturated carbocycles. The minimum Gasteiger partial charge on any atom is -0.398 e. The Balaban J connectivity index is 2.50. The smallest absolute Gasteiger partial charge is 0.243 e. The number of sulfonamides is 1. The zero-order valence-electron chi connectivity index (χ0n) is 12.7. The maximum atomic E-state index is 12.9. The van der Waals surface area contributed by atoms with Gasteiger partial charge in [-0.15, -0.1) is 0 Å². The van der Waals surface area contributed by atoms with Gasteiger partial charge in [-0.05, 0) is 62.8 Å².